The van der Waals surface area contributed by atoms with Gasteiger partial charge in [-0.1, -0.05) is 23.4 Å². The van der Waals surface area contributed by atoms with Crippen LogP contribution in [0.25, 0.3) is 0 Å². The fourth-order valence-corrected chi connectivity index (χ4v) is 3.54. The van der Waals surface area contributed by atoms with Crippen molar-refractivity contribution in [3.63, 3.8) is 0 Å². The molecule has 8 heteroatoms. The quantitative estimate of drug-likeness (QED) is 0.840. The number of nitrogens with two attached hydrogens (primary N) is 1. The van der Waals surface area contributed by atoms with Crippen molar-refractivity contribution in [3.8, 4) is 5.75 Å². The minimum atomic E-state index is -0.421. The van der Waals surface area contributed by atoms with E-state index in [9.17, 15) is 4.79 Å². The number of nitrogens with zero attached hydrogens (tertiary/aromatic N) is 3. The molecule has 1 saturated heterocycles. The highest BCUT2D eigenvalue weighted by atomic mass is 35.5. The summed E-state index contributed by atoms with van der Waals surface area (Å²) in [4.78, 5) is 18.8. The fourth-order valence-electron chi connectivity index (χ4n) is 3.54. The zero-order chi connectivity index (χ0) is 18.0. The molecule has 7 nitrogen and oxygen atoms in total. The maximum absolute atomic E-state index is 12.5. The van der Waals surface area contributed by atoms with Gasteiger partial charge >= 0.3 is 0 Å². The summed E-state index contributed by atoms with van der Waals surface area (Å²) in [6.07, 6.45) is 4.75. The molecule has 0 radical (unpaired) electrons. The van der Waals surface area contributed by atoms with Crippen LogP contribution in [-0.4, -0.2) is 40.6 Å². The van der Waals surface area contributed by atoms with Gasteiger partial charge < -0.3 is 19.9 Å². The first kappa shape index (κ1) is 19.6. The number of carbonyl (C=O) groups is 1. The van der Waals surface area contributed by atoms with Gasteiger partial charge in [0.2, 0.25) is 5.89 Å². The van der Waals surface area contributed by atoms with Gasteiger partial charge in [0.15, 0.2) is 12.4 Å². The molecule has 0 bridgehead atoms. The first-order valence-corrected chi connectivity index (χ1v) is 9.23. The lowest BCUT2D eigenvalue weighted by Gasteiger charge is -2.34. The van der Waals surface area contributed by atoms with Crippen LogP contribution in [0.4, 0.5) is 0 Å². The van der Waals surface area contributed by atoms with Crippen molar-refractivity contribution < 1.29 is 14.1 Å². The number of rotatable bonds is 5. The summed E-state index contributed by atoms with van der Waals surface area (Å²) in [5.41, 5.74) is 5.85. The van der Waals surface area contributed by atoms with Crippen LogP contribution >= 0.6 is 12.4 Å². The minimum Gasteiger partial charge on any atom is -0.484 e. The summed E-state index contributed by atoms with van der Waals surface area (Å²) < 4.78 is 11.0. The molecule has 1 atom stereocenters. The maximum Gasteiger partial charge on any atom is 0.260 e. The Labute approximate surface area is 164 Å². The van der Waals surface area contributed by atoms with Crippen molar-refractivity contribution in [1.82, 2.24) is 15.0 Å². The van der Waals surface area contributed by atoms with Gasteiger partial charge in [-0.25, -0.2) is 0 Å². The van der Waals surface area contributed by atoms with Gasteiger partial charge in [-0.15, -0.1) is 12.4 Å². The number of hydrogen-bond donors (Lipinski definition) is 1. The van der Waals surface area contributed by atoms with E-state index in [0.29, 0.717) is 24.0 Å². The van der Waals surface area contributed by atoms with E-state index in [-0.39, 0.29) is 30.8 Å². The monoisotopic (exact) mass is 392 g/mol. The average Bonchev–Trinajstić information content (AvgIpc) is 3.16. The van der Waals surface area contributed by atoms with E-state index in [1.165, 1.54) is 0 Å². The van der Waals surface area contributed by atoms with Crippen LogP contribution in [0.5, 0.6) is 5.75 Å². The molecule has 1 aliphatic carbocycles. The normalized spacial score (nSPS) is 21.1. The molecular formula is C19H25ClN4O3. The standard InChI is InChI=1S/C19H24N4O3.ClH/c20-19(9-5-10-19)18-21-17(26-22-18)14-6-4-11-23(12-14)16(24)13-25-15-7-2-1-3-8-15;/h1-3,7-8,14H,4-6,9-13,20H2;1H. The molecule has 1 aliphatic heterocycles. The summed E-state index contributed by atoms with van der Waals surface area (Å²) in [7, 11) is 0. The van der Waals surface area contributed by atoms with Gasteiger partial charge in [-0.3, -0.25) is 4.79 Å². The van der Waals surface area contributed by atoms with E-state index in [1.54, 1.807) is 0 Å². The topological polar surface area (TPSA) is 94.5 Å². The second-order valence-corrected chi connectivity index (χ2v) is 7.25. The number of para-hydroxylation sites is 1. The molecule has 0 spiro atoms. The predicted octanol–water partition coefficient (Wildman–Crippen LogP) is 2.61. The lowest BCUT2D eigenvalue weighted by Crippen LogP contribution is -2.44. The highest BCUT2D eigenvalue weighted by Crippen LogP contribution is 2.38. The van der Waals surface area contributed by atoms with Crippen LogP contribution in [0.2, 0.25) is 0 Å². The van der Waals surface area contributed by atoms with Crippen LogP contribution in [0.15, 0.2) is 34.9 Å². The summed E-state index contributed by atoms with van der Waals surface area (Å²) in [5.74, 6) is 1.94. The van der Waals surface area contributed by atoms with E-state index < -0.39 is 5.54 Å². The lowest BCUT2D eigenvalue weighted by atomic mass is 9.77. The largest absolute Gasteiger partial charge is 0.484 e. The highest BCUT2D eigenvalue weighted by molar-refractivity contribution is 5.85. The molecule has 146 valence electrons. The smallest absolute Gasteiger partial charge is 0.260 e. The van der Waals surface area contributed by atoms with Gasteiger partial charge in [-0.05, 0) is 44.2 Å². The Morgan fingerprint density at radius 1 is 1.30 bits per heavy atom. The molecule has 2 N–H and O–H groups in total. The van der Waals surface area contributed by atoms with E-state index in [4.69, 9.17) is 15.0 Å². The van der Waals surface area contributed by atoms with Crippen LogP contribution in [0.1, 0.15) is 49.7 Å². The zero-order valence-corrected chi connectivity index (χ0v) is 16.0. The summed E-state index contributed by atoms with van der Waals surface area (Å²) in [6.45, 7) is 1.35. The Balaban J connectivity index is 0.00000210. The van der Waals surface area contributed by atoms with Crippen molar-refractivity contribution in [3.05, 3.63) is 42.0 Å². The molecule has 2 heterocycles. The van der Waals surface area contributed by atoms with E-state index >= 15 is 0 Å². The van der Waals surface area contributed by atoms with Gasteiger partial charge in [0.1, 0.15) is 5.75 Å². The van der Waals surface area contributed by atoms with Gasteiger partial charge in [0, 0.05) is 13.1 Å². The molecule has 2 aliphatic rings. The Hall–Kier alpha value is -2.12. The first-order chi connectivity index (χ1) is 12.6. The van der Waals surface area contributed by atoms with Crippen molar-refractivity contribution >= 4 is 18.3 Å². The first-order valence-electron chi connectivity index (χ1n) is 9.23. The zero-order valence-electron chi connectivity index (χ0n) is 15.2. The molecule has 4 rings (SSSR count). The maximum atomic E-state index is 12.5. The predicted molar refractivity (Wildman–Crippen MR) is 102 cm³/mol. The van der Waals surface area contributed by atoms with Crippen molar-refractivity contribution in [1.29, 1.82) is 0 Å². The van der Waals surface area contributed by atoms with E-state index in [1.807, 2.05) is 35.2 Å². The second-order valence-electron chi connectivity index (χ2n) is 7.25. The minimum absolute atomic E-state index is 0. The Bertz CT molecular complexity index is 763. The van der Waals surface area contributed by atoms with Gasteiger partial charge in [0.25, 0.3) is 5.91 Å². The molecule has 1 saturated carbocycles. The lowest BCUT2D eigenvalue weighted by molar-refractivity contribution is -0.134. The number of benzene rings is 1. The molecule has 1 aromatic heterocycles. The summed E-state index contributed by atoms with van der Waals surface area (Å²) in [6, 6.07) is 9.37. The molecule has 2 fully saturated rings. The SMILES string of the molecule is Cl.NC1(c2noc(C3CCCN(C(=O)COc4ccccc4)C3)n2)CCC1. The Kier molecular flexibility index (Phi) is 6.01. The van der Waals surface area contributed by atoms with Gasteiger partial charge in [0.05, 0.1) is 11.5 Å². The highest BCUT2D eigenvalue weighted by Gasteiger charge is 2.40. The number of aromatic nitrogens is 2. The third-order valence-electron chi connectivity index (χ3n) is 5.36. The number of carbonyl (C=O) groups excluding carboxylic acids is 1. The van der Waals surface area contributed by atoms with Crippen molar-refractivity contribution in [2.45, 2.75) is 43.6 Å². The average molecular weight is 393 g/mol. The van der Waals surface area contributed by atoms with Crippen LogP contribution in [0.3, 0.4) is 0 Å². The molecular weight excluding hydrogens is 368 g/mol. The molecule has 27 heavy (non-hydrogen) atoms. The van der Waals surface area contributed by atoms with E-state index in [2.05, 4.69) is 10.1 Å². The summed E-state index contributed by atoms with van der Waals surface area (Å²) >= 11 is 0. The number of likely N-dealkylation sites (tertiary alicyclic amines) is 1. The van der Waals surface area contributed by atoms with Crippen molar-refractivity contribution in [2.24, 2.45) is 5.73 Å². The molecule has 1 unspecified atom stereocenters. The third-order valence-corrected chi connectivity index (χ3v) is 5.36. The fraction of sp³-hybridized carbons (Fsp3) is 0.526. The van der Waals surface area contributed by atoms with Crippen molar-refractivity contribution in [2.75, 3.05) is 19.7 Å². The summed E-state index contributed by atoms with van der Waals surface area (Å²) in [5, 5.41) is 4.09. The van der Waals surface area contributed by atoms with Crippen LogP contribution in [0, 0.1) is 0 Å². The molecule has 2 aromatic rings. The third kappa shape index (κ3) is 4.25. The van der Waals surface area contributed by atoms with Gasteiger partial charge in [-0.2, -0.15) is 4.98 Å². The molecule has 1 aromatic carbocycles. The molecule has 1 amide bonds. The second kappa shape index (κ2) is 8.27. The van der Waals surface area contributed by atoms with Crippen LogP contribution < -0.4 is 10.5 Å². The Morgan fingerprint density at radius 2 is 2.07 bits per heavy atom. The number of halogens is 1. The van der Waals surface area contributed by atoms with E-state index in [0.717, 1.165) is 38.6 Å². The number of ether oxygens (including phenoxy) is 1. The number of piperidine rings is 1. The Morgan fingerprint density at radius 3 is 2.78 bits per heavy atom. The number of amides is 1. The number of hydrogen-bond acceptors (Lipinski definition) is 6. The van der Waals surface area contributed by atoms with Crippen LogP contribution in [-0.2, 0) is 10.3 Å².